The summed E-state index contributed by atoms with van der Waals surface area (Å²) in [7, 11) is 0. The molecule has 0 atom stereocenters. The van der Waals surface area contributed by atoms with Crippen LogP contribution in [0.4, 0.5) is 5.69 Å². The van der Waals surface area contributed by atoms with Gasteiger partial charge < -0.3 is 15.2 Å². The number of hydrogen-bond donors (Lipinski definition) is 1. The Morgan fingerprint density at radius 1 is 1.12 bits per heavy atom. The lowest BCUT2D eigenvalue weighted by atomic mass is 9.98. The summed E-state index contributed by atoms with van der Waals surface area (Å²) in [5, 5.41) is 0. The highest BCUT2D eigenvalue weighted by Crippen LogP contribution is 2.42. The van der Waals surface area contributed by atoms with Crippen molar-refractivity contribution < 1.29 is 14.3 Å². The Kier molecular flexibility index (Phi) is 3.61. The fraction of sp³-hybridized carbons (Fsp3) is 0.100. The van der Waals surface area contributed by atoms with Gasteiger partial charge in [0.25, 0.3) is 0 Å². The number of pyridine rings is 1. The van der Waals surface area contributed by atoms with Crippen LogP contribution in [0, 0.1) is 6.92 Å². The minimum Gasteiger partial charge on any atom is -0.454 e. The van der Waals surface area contributed by atoms with Gasteiger partial charge in [-0.3, -0.25) is 9.78 Å². The van der Waals surface area contributed by atoms with Crippen molar-refractivity contribution in [3.63, 3.8) is 0 Å². The predicted molar refractivity (Wildman–Crippen MR) is 94.8 cm³/mol. The number of para-hydroxylation sites is 1. The summed E-state index contributed by atoms with van der Waals surface area (Å²) in [4.78, 5) is 17.2. The molecule has 0 unspecified atom stereocenters. The maximum Gasteiger partial charge on any atom is 0.231 e. The van der Waals surface area contributed by atoms with Gasteiger partial charge in [0.15, 0.2) is 17.3 Å². The van der Waals surface area contributed by atoms with E-state index in [1.54, 1.807) is 18.3 Å². The van der Waals surface area contributed by atoms with Gasteiger partial charge in [0.05, 0.1) is 11.4 Å². The number of hydrogen-bond acceptors (Lipinski definition) is 5. The highest BCUT2D eigenvalue weighted by molar-refractivity contribution is 6.13. The third-order valence-corrected chi connectivity index (χ3v) is 4.17. The van der Waals surface area contributed by atoms with Gasteiger partial charge in [0, 0.05) is 22.9 Å². The summed E-state index contributed by atoms with van der Waals surface area (Å²) >= 11 is 0. The molecule has 1 aromatic heterocycles. The number of fused-ring (bicyclic) bond motifs is 1. The van der Waals surface area contributed by atoms with Gasteiger partial charge in [-0.2, -0.15) is 0 Å². The first-order valence-electron chi connectivity index (χ1n) is 7.90. The number of aromatic nitrogens is 1. The number of nitrogens with zero attached hydrogens (tertiary/aromatic N) is 1. The predicted octanol–water partition coefficient (Wildman–Crippen LogP) is 3.60. The summed E-state index contributed by atoms with van der Waals surface area (Å²) < 4.78 is 10.9. The number of benzene rings is 2. The highest BCUT2D eigenvalue weighted by Gasteiger charge is 2.23. The molecular weight excluding hydrogens is 316 g/mol. The van der Waals surface area contributed by atoms with Crippen LogP contribution >= 0.6 is 0 Å². The van der Waals surface area contributed by atoms with Crippen LogP contribution in [-0.4, -0.2) is 17.6 Å². The number of nitrogen functional groups attached to an aromatic ring is 1. The maximum absolute atomic E-state index is 12.9. The monoisotopic (exact) mass is 332 g/mol. The average Bonchev–Trinajstić information content (AvgIpc) is 3.10. The number of ether oxygens (including phenoxy) is 2. The number of rotatable bonds is 3. The molecule has 5 heteroatoms. The molecule has 124 valence electrons. The van der Waals surface area contributed by atoms with E-state index in [0.29, 0.717) is 39.6 Å². The molecule has 0 spiro atoms. The van der Waals surface area contributed by atoms with Crippen molar-refractivity contribution >= 4 is 11.5 Å². The smallest absolute Gasteiger partial charge is 0.231 e. The first-order valence-corrected chi connectivity index (χ1v) is 7.90. The molecule has 1 aliphatic rings. The van der Waals surface area contributed by atoms with Gasteiger partial charge in [-0.25, -0.2) is 0 Å². The normalized spacial score (nSPS) is 12.2. The van der Waals surface area contributed by atoms with E-state index >= 15 is 0 Å². The fourth-order valence-electron chi connectivity index (χ4n) is 2.94. The van der Waals surface area contributed by atoms with E-state index in [2.05, 4.69) is 4.98 Å². The van der Waals surface area contributed by atoms with Crippen LogP contribution in [0.15, 0.2) is 54.7 Å². The SMILES string of the molecule is Cc1cccc(C(=O)c2ccnc(-c3cccc4c3OCO4)c2N)c1. The number of nitrogens with two attached hydrogens (primary N) is 1. The standard InChI is InChI=1S/C20H16N2O3/c1-12-4-2-5-13(10-12)19(23)14-8-9-22-18(17(14)21)15-6-3-7-16-20(15)25-11-24-16/h2-10H,11,21H2,1H3. The average molecular weight is 332 g/mol. The van der Waals surface area contributed by atoms with Crippen molar-refractivity contribution in [2.75, 3.05) is 12.5 Å². The summed E-state index contributed by atoms with van der Waals surface area (Å²) in [6, 6.07) is 14.6. The lowest BCUT2D eigenvalue weighted by molar-refractivity contribution is 0.103. The van der Waals surface area contributed by atoms with Crippen molar-refractivity contribution in [3.05, 3.63) is 71.4 Å². The Hall–Kier alpha value is -3.34. The molecule has 1 aliphatic heterocycles. The quantitative estimate of drug-likeness (QED) is 0.742. The molecule has 2 N–H and O–H groups in total. The van der Waals surface area contributed by atoms with Crippen LogP contribution in [0.25, 0.3) is 11.3 Å². The second-order valence-electron chi connectivity index (χ2n) is 5.86. The van der Waals surface area contributed by atoms with Crippen molar-refractivity contribution in [3.8, 4) is 22.8 Å². The van der Waals surface area contributed by atoms with Crippen molar-refractivity contribution in [1.82, 2.24) is 4.98 Å². The Labute approximate surface area is 145 Å². The van der Waals surface area contributed by atoms with Crippen molar-refractivity contribution in [2.45, 2.75) is 6.92 Å². The van der Waals surface area contributed by atoms with Crippen molar-refractivity contribution in [1.29, 1.82) is 0 Å². The zero-order valence-electron chi connectivity index (χ0n) is 13.7. The number of ketones is 1. The molecule has 0 saturated carbocycles. The van der Waals surface area contributed by atoms with E-state index in [-0.39, 0.29) is 12.6 Å². The van der Waals surface area contributed by atoms with E-state index in [0.717, 1.165) is 5.56 Å². The molecular formula is C20H16N2O3. The minimum atomic E-state index is -0.130. The molecule has 0 saturated heterocycles. The molecule has 3 aromatic rings. The summed E-state index contributed by atoms with van der Waals surface area (Å²) in [6.07, 6.45) is 1.59. The van der Waals surface area contributed by atoms with Gasteiger partial charge in [-0.05, 0) is 31.2 Å². The van der Waals surface area contributed by atoms with Crippen LogP contribution in [0.5, 0.6) is 11.5 Å². The van der Waals surface area contributed by atoms with Crippen LogP contribution in [0.2, 0.25) is 0 Å². The minimum absolute atomic E-state index is 0.130. The third-order valence-electron chi connectivity index (χ3n) is 4.17. The van der Waals surface area contributed by atoms with E-state index in [1.165, 1.54) is 0 Å². The zero-order valence-corrected chi connectivity index (χ0v) is 13.7. The molecule has 5 nitrogen and oxygen atoms in total. The topological polar surface area (TPSA) is 74.4 Å². The molecule has 25 heavy (non-hydrogen) atoms. The molecule has 2 aromatic carbocycles. The first kappa shape index (κ1) is 15.2. The maximum atomic E-state index is 12.9. The van der Waals surface area contributed by atoms with E-state index in [9.17, 15) is 4.79 Å². The van der Waals surface area contributed by atoms with E-state index in [4.69, 9.17) is 15.2 Å². The summed E-state index contributed by atoms with van der Waals surface area (Å²) in [5.41, 5.74) is 9.91. The Balaban J connectivity index is 1.82. The number of aryl methyl sites for hydroxylation is 1. The zero-order chi connectivity index (χ0) is 17.4. The first-order chi connectivity index (χ1) is 12.1. The Morgan fingerprint density at radius 2 is 1.96 bits per heavy atom. The van der Waals surface area contributed by atoms with Gasteiger partial charge in [-0.1, -0.05) is 29.8 Å². The number of carbonyl (C=O) groups excluding carboxylic acids is 1. The molecule has 0 radical (unpaired) electrons. The van der Waals surface area contributed by atoms with Crippen LogP contribution < -0.4 is 15.2 Å². The summed E-state index contributed by atoms with van der Waals surface area (Å²) in [6.45, 7) is 2.11. The molecule has 0 bridgehead atoms. The highest BCUT2D eigenvalue weighted by atomic mass is 16.7. The Morgan fingerprint density at radius 3 is 2.80 bits per heavy atom. The van der Waals surface area contributed by atoms with Gasteiger partial charge in [-0.15, -0.1) is 0 Å². The lowest BCUT2D eigenvalue weighted by Crippen LogP contribution is -2.08. The van der Waals surface area contributed by atoms with E-state index < -0.39 is 0 Å². The summed E-state index contributed by atoms with van der Waals surface area (Å²) in [5.74, 6) is 1.12. The van der Waals surface area contributed by atoms with Crippen LogP contribution in [-0.2, 0) is 0 Å². The largest absolute Gasteiger partial charge is 0.454 e. The molecule has 0 amide bonds. The number of carbonyl (C=O) groups is 1. The van der Waals surface area contributed by atoms with E-state index in [1.807, 2.05) is 43.3 Å². The second kappa shape index (κ2) is 5.94. The lowest BCUT2D eigenvalue weighted by Gasteiger charge is -2.11. The third kappa shape index (κ3) is 2.59. The fourth-order valence-corrected chi connectivity index (χ4v) is 2.94. The van der Waals surface area contributed by atoms with Gasteiger partial charge >= 0.3 is 0 Å². The van der Waals surface area contributed by atoms with Crippen LogP contribution in [0.3, 0.4) is 0 Å². The Bertz CT molecular complexity index is 982. The molecule has 0 fully saturated rings. The number of anilines is 1. The van der Waals surface area contributed by atoms with Gasteiger partial charge in [0.2, 0.25) is 6.79 Å². The van der Waals surface area contributed by atoms with Crippen molar-refractivity contribution in [2.24, 2.45) is 0 Å². The second-order valence-corrected chi connectivity index (χ2v) is 5.86. The van der Waals surface area contributed by atoms with Crippen LogP contribution in [0.1, 0.15) is 21.5 Å². The van der Waals surface area contributed by atoms with Gasteiger partial charge in [0.1, 0.15) is 0 Å². The molecule has 0 aliphatic carbocycles. The molecule has 4 rings (SSSR count). The molecule has 2 heterocycles.